The summed E-state index contributed by atoms with van der Waals surface area (Å²) in [4.78, 5) is 31.8. The highest BCUT2D eigenvalue weighted by molar-refractivity contribution is 5.90. The third-order valence-corrected chi connectivity index (χ3v) is 5.02. The Morgan fingerprint density at radius 3 is 2.53 bits per heavy atom. The molecule has 4 N–H and O–H groups in total. The van der Waals surface area contributed by atoms with Crippen molar-refractivity contribution in [1.82, 2.24) is 19.7 Å². The first-order chi connectivity index (χ1) is 16.8. The molecule has 0 aliphatic heterocycles. The quantitative estimate of drug-likeness (QED) is 0.369. The van der Waals surface area contributed by atoms with Gasteiger partial charge in [0, 0.05) is 36.5 Å². The number of carbonyl (C=O) groups excluding carboxylic acids is 2. The number of alkyl carbamates (subject to hydrolysis) is 1. The van der Waals surface area contributed by atoms with E-state index in [1.165, 1.54) is 6.20 Å². The zero-order valence-corrected chi connectivity index (χ0v) is 20.3. The van der Waals surface area contributed by atoms with E-state index in [0.717, 1.165) is 12.5 Å². The lowest BCUT2D eigenvalue weighted by Crippen LogP contribution is -2.33. The van der Waals surface area contributed by atoms with E-state index in [2.05, 4.69) is 20.6 Å². The number of halogens is 3. The summed E-state index contributed by atoms with van der Waals surface area (Å²) in [6, 6.07) is 4.20. The summed E-state index contributed by atoms with van der Waals surface area (Å²) < 4.78 is 46.2. The smallest absolute Gasteiger partial charge is 0.419 e. The van der Waals surface area contributed by atoms with Crippen molar-refractivity contribution < 1.29 is 27.5 Å². The van der Waals surface area contributed by atoms with Gasteiger partial charge in [0.15, 0.2) is 5.82 Å². The average Bonchev–Trinajstić information content (AvgIpc) is 3.15. The number of unbranched alkanes of at least 4 members (excludes halogenated alkanes) is 2. The summed E-state index contributed by atoms with van der Waals surface area (Å²) in [5, 5.41) is 5.39. The number of hydrogen-bond donors (Lipinski definition) is 3. The first kappa shape index (κ1) is 26.8. The number of rotatable bonds is 8. The monoisotopic (exact) mass is 506 g/mol. The fraction of sp³-hybridized carbons (Fsp3) is 0.417. The van der Waals surface area contributed by atoms with E-state index in [0.29, 0.717) is 36.4 Å². The minimum atomic E-state index is -4.61. The van der Waals surface area contributed by atoms with Gasteiger partial charge in [0.1, 0.15) is 17.1 Å². The number of aromatic nitrogens is 3. The van der Waals surface area contributed by atoms with Gasteiger partial charge in [-0.05, 0) is 51.8 Å². The van der Waals surface area contributed by atoms with Gasteiger partial charge in [-0.2, -0.15) is 13.2 Å². The molecule has 0 fully saturated rings. The molecule has 0 unspecified atom stereocenters. The van der Waals surface area contributed by atoms with E-state index in [9.17, 15) is 22.8 Å². The summed E-state index contributed by atoms with van der Waals surface area (Å²) in [6.45, 7) is 5.83. The second-order valence-electron chi connectivity index (χ2n) is 9.25. The van der Waals surface area contributed by atoms with Crippen molar-refractivity contribution in [2.75, 3.05) is 17.6 Å². The highest BCUT2D eigenvalue weighted by Crippen LogP contribution is 2.35. The molecule has 0 saturated heterocycles. The van der Waals surface area contributed by atoms with E-state index in [1.807, 2.05) is 0 Å². The van der Waals surface area contributed by atoms with Crippen molar-refractivity contribution in [3.05, 3.63) is 42.4 Å². The Morgan fingerprint density at radius 1 is 1.08 bits per heavy atom. The van der Waals surface area contributed by atoms with Gasteiger partial charge in [0.25, 0.3) is 0 Å². The third kappa shape index (κ3) is 7.59. The summed E-state index contributed by atoms with van der Waals surface area (Å²) >= 11 is 0. The van der Waals surface area contributed by atoms with Crippen LogP contribution in [0.15, 0.2) is 36.8 Å². The van der Waals surface area contributed by atoms with Crippen LogP contribution in [0.5, 0.6) is 0 Å². The molecule has 3 aromatic rings. The number of imidazole rings is 1. The Kier molecular flexibility index (Phi) is 8.06. The lowest BCUT2D eigenvalue weighted by atomic mass is 10.1. The van der Waals surface area contributed by atoms with Crippen LogP contribution in [0, 0.1) is 0 Å². The topological polar surface area (TPSA) is 124 Å². The van der Waals surface area contributed by atoms with Crippen LogP contribution in [0.2, 0.25) is 0 Å². The van der Waals surface area contributed by atoms with Crippen LogP contribution < -0.4 is 16.4 Å². The maximum absolute atomic E-state index is 13.2. The molecule has 194 valence electrons. The molecule has 0 radical (unpaired) electrons. The Bertz CT molecular complexity index is 1230. The zero-order valence-electron chi connectivity index (χ0n) is 20.3. The zero-order chi connectivity index (χ0) is 26.5. The number of nitrogen functional groups attached to an aromatic ring is 1. The predicted octanol–water partition coefficient (Wildman–Crippen LogP) is 5.02. The van der Waals surface area contributed by atoms with Gasteiger partial charge in [0.2, 0.25) is 5.91 Å². The molecule has 0 spiro atoms. The Morgan fingerprint density at radius 2 is 1.83 bits per heavy atom. The molecular formula is C24H29F3N6O3. The number of ether oxygens (including phenoxy) is 1. The number of fused-ring (bicyclic) bond motifs is 1. The van der Waals surface area contributed by atoms with Crippen molar-refractivity contribution in [3.8, 4) is 11.1 Å². The van der Waals surface area contributed by atoms with E-state index in [4.69, 9.17) is 10.5 Å². The van der Waals surface area contributed by atoms with Gasteiger partial charge in [-0.25, -0.2) is 14.8 Å². The normalized spacial score (nSPS) is 11.9. The molecule has 0 saturated carbocycles. The number of carbonyl (C=O) groups is 2. The van der Waals surface area contributed by atoms with Gasteiger partial charge in [-0.15, -0.1) is 0 Å². The molecule has 0 aromatic carbocycles. The maximum atomic E-state index is 13.2. The molecule has 12 heteroatoms. The van der Waals surface area contributed by atoms with Gasteiger partial charge in [0.05, 0.1) is 11.8 Å². The van der Waals surface area contributed by atoms with Crippen molar-refractivity contribution in [2.45, 2.75) is 58.2 Å². The first-order valence-corrected chi connectivity index (χ1v) is 11.4. The fourth-order valence-electron chi connectivity index (χ4n) is 3.38. The summed E-state index contributed by atoms with van der Waals surface area (Å²) in [6.07, 6.45) is 1.73. The van der Waals surface area contributed by atoms with Crippen LogP contribution >= 0.6 is 0 Å². The van der Waals surface area contributed by atoms with E-state index in [1.54, 1.807) is 49.7 Å². The summed E-state index contributed by atoms with van der Waals surface area (Å²) in [5.41, 5.74) is 5.07. The summed E-state index contributed by atoms with van der Waals surface area (Å²) in [5.74, 6) is -0.467. The number of anilines is 2. The van der Waals surface area contributed by atoms with Gasteiger partial charge in [-0.1, -0.05) is 6.42 Å². The molecule has 0 bridgehead atoms. The lowest BCUT2D eigenvalue weighted by molar-refractivity contribution is -0.137. The van der Waals surface area contributed by atoms with Gasteiger partial charge >= 0.3 is 12.3 Å². The molecule has 3 rings (SSSR count). The van der Waals surface area contributed by atoms with E-state index >= 15 is 0 Å². The van der Waals surface area contributed by atoms with Crippen LogP contribution in [0.3, 0.4) is 0 Å². The van der Waals surface area contributed by atoms with E-state index < -0.39 is 29.3 Å². The number of hydrogen-bond acceptors (Lipinski definition) is 6. The van der Waals surface area contributed by atoms with Crippen molar-refractivity contribution in [3.63, 3.8) is 0 Å². The molecule has 2 amide bonds. The van der Waals surface area contributed by atoms with E-state index in [-0.39, 0.29) is 17.9 Å². The highest BCUT2D eigenvalue weighted by Gasteiger charge is 2.34. The number of nitrogens with two attached hydrogens (primary N) is 1. The first-order valence-electron chi connectivity index (χ1n) is 11.4. The highest BCUT2D eigenvalue weighted by atomic mass is 19.4. The number of amides is 2. The number of pyridine rings is 2. The molecule has 3 aromatic heterocycles. The van der Waals surface area contributed by atoms with Crippen molar-refractivity contribution in [2.24, 2.45) is 0 Å². The average molecular weight is 507 g/mol. The molecule has 0 aliphatic rings. The molecule has 9 nitrogen and oxygen atoms in total. The second kappa shape index (κ2) is 10.8. The fourth-order valence-corrected chi connectivity index (χ4v) is 3.38. The standard InChI is InChI=1S/C24H29F3N6O3/c1-23(2,3)36-22(35)29-10-6-4-5-7-20(34)32-18-14-33-13-15(8-9-19(33)31-18)16-11-17(24(25,26)27)21(28)30-12-16/h8-9,11-14H,4-7,10H2,1-3H3,(H2,28,30)(H,29,35)(H,32,34). The predicted molar refractivity (Wildman–Crippen MR) is 129 cm³/mol. The van der Waals surface area contributed by atoms with Crippen LogP contribution in [0.25, 0.3) is 16.8 Å². The molecule has 0 aliphatic carbocycles. The molecule has 0 atom stereocenters. The van der Waals surface area contributed by atoms with Crippen LogP contribution in [-0.2, 0) is 15.7 Å². The Hall–Kier alpha value is -3.83. The largest absolute Gasteiger partial charge is 0.444 e. The molecular weight excluding hydrogens is 477 g/mol. The summed E-state index contributed by atoms with van der Waals surface area (Å²) in [7, 11) is 0. The minimum Gasteiger partial charge on any atom is -0.444 e. The number of nitrogens with one attached hydrogen (secondary N) is 2. The Balaban J connectivity index is 1.51. The molecule has 3 heterocycles. The van der Waals surface area contributed by atoms with Crippen LogP contribution in [0.1, 0.15) is 52.0 Å². The SMILES string of the molecule is CC(C)(C)OC(=O)NCCCCCC(=O)Nc1cn2cc(-c3cnc(N)c(C(F)(F)F)c3)ccc2n1. The number of alkyl halides is 3. The van der Waals surface area contributed by atoms with Gasteiger partial charge < -0.3 is 25.5 Å². The van der Waals surface area contributed by atoms with Crippen LogP contribution in [-0.4, -0.2) is 38.5 Å². The lowest BCUT2D eigenvalue weighted by Gasteiger charge is -2.19. The van der Waals surface area contributed by atoms with Crippen molar-refractivity contribution in [1.29, 1.82) is 0 Å². The second-order valence-corrected chi connectivity index (χ2v) is 9.25. The number of nitrogens with zero attached hydrogens (tertiary/aromatic N) is 3. The van der Waals surface area contributed by atoms with Gasteiger partial charge in [-0.3, -0.25) is 4.79 Å². The third-order valence-electron chi connectivity index (χ3n) is 5.02. The maximum Gasteiger partial charge on any atom is 0.419 e. The molecule has 36 heavy (non-hydrogen) atoms. The van der Waals surface area contributed by atoms with Crippen molar-refractivity contribution >= 4 is 29.3 Å². The van der Waals surface area contributed by atoms with Crippen LogP contribution in [0.4, 0.5) is 29.6 Å². The Labute approximate surface area is 206 Å². The minimum absolute atomic E-state index is 0.212.